The number of terminal acetylenes is 1. The van der Waals surface area contributed by atoms with Gasteiger partial charge in [0.2, 0.25) is 11.8 Å². The predicted molar refractivity (Wildman–Crippen MR) is 61.5 cm³/mol. The lowest BCUT2D eigenvalue weighted by Gasteiger charge is -2.19. The van der Waals surface area contributed by atoms with Crippen LogP contribution in [0.25, 0.3) is 0 Å². The number of hydrogen-bond acceptors (Lipinski definition) is 2. The lowest BCUT2D eigenvalue weighted by Crippen LogP contribution is -2.34. The molecule has 1 fully saturated rings. The molecule has 16 heavy (non-hydrogen) atoms. The van der Waals surface area contributed by atoms with Gasteiger partial charge in [-0.15, -0.1) is 12.3 Å². The van der Waals surface area contributed by atoms with E-state index in [2.05, 4.69) is 11.2 Å². The Hall–Kier alpha value is -1.50. The minimum absolute atomic E-state index is 0.0302. The predicted octanol–water partition coefficient (Wildman–Crippen LogP) is 0.528. The first-order chi connectivity index (χ1) is 7.74. The summed E-state index contributed by atoms with van der Waals surface area (Å²) in [6.07, 6.45) is 8.54. The molecule has 0 spiro atoms. The van der Waals surface area contributed by atoms with Gasteiger partial charge >= 0.3 is 0 Å². The first-order valence-corrected chi connectivity index (χ1v) is 5.72. The van der Waals surface area contributed by atoms with Crippen molar-refractivity contribution in [1.29, 1.82) is 0 Å². The van der Waals surface area contributed by atoms with Crippen LogP contribution in [0.5, 0.6) is 0 Å². The van der Waals surface area contributed by atoms with Gasteiger partial charge in [-0.25, -0.2) is 0 Å². The van der Waals surface area contributed by atoms with Gasteiger partial charge in [-0.2, -0.15) is 0 Å². The Kier molecular flexibility index (Phi) is 5.41. The van der Waals surface area contributed by atoms with Crippen LogP contribution in [0, 0.1) is 12.3 Å². The number of carbonyl (C=O) groups excluding carboxylic acids is 2. The highest BCUT2D eigenvalue weighted by Crippen LogP contribution is 2.05. The normalized spacial score (nSPS) is 16.2. The number of hydrogen-bond donors (Lipinski definition) is 1. The Bertz CT molecular complexity index is 294. The molecule has 4 heteroatoms. The topological polar surface area (TPSA) is 49.4 Å². The highest BCUT2D eigenvalue weighted by atomic mass is 16.2. The molecule has 0 radical (unpaired) electrons. The second kappa shape index (κ2) is 6.89. The van der Waals surface area contributed by atoms with Gasteiger partial charge in [-0.3, -0.25) is 9.59 Å². The summed E-state index contributed by atoms with van der Waals surface area (Å²) in [5.74, 6) is 2.72. The molecule has 1 heterocycles. The van der Waals surface area contributed by atoms with Crippen molar-refractivity contribution in [2.24, 2.45) is 0 Å². The maximum absolute atomic E-state index is 11.8. The fraction of sp³-hybridized carbons (Fsp3) is 0.667. The monoisotopic (exact) mass is 222 g/mol. The molecule has 0 aromatic heterocycles. The van der Waals surface area contributed by atoms with E-state index in [4.69, 9.17) is 6.42 Å². The first-order valence-electron chi connectivity index (χ1n) is 5.72. The third kappa shape index (κ3) is 4.35. The summed E-state index contributed by atoms with van der Waals surface area (Å²) in [6.45, 7) is 1.73. The molecule has 88 valence electrons. The van der Waals surface area contributed by atoms with Crippen molar-refractivity contribution in [3.05, 3.63) is 0 Å². The maximum Gasteiger partial charge on any atom is 0.222 e. The molecule has 0 atom stereocenters. The molecule has 1 saturated heterocycles. The van der Waals surface area contributed by atoms with E-state index in [0.717, 1.165) is 19.3 Å². The minimum atomic E-state index is 0.0302. The standard InChI is InChI=1S/C12H18N2O2/c1-2-3-4-5-6-12(16)14-9-7-11(15)13-8-10-14/h1H,3-10H2,(H,13,15). The summed E-state index contributed by atoms with van der Waals surface area (Å²) < 4.78 is 0. The summed E-state index contributed by atoms with van der Waals surface area (Å²) in [5, 5.41) is 2.75. The molecule has 2 amide bonds. The average Bonchev–Trinajstić information content (AvgIpc) is 2.49. The van der Waals surface area contributed by atoms with E-state index < -0.39 is 0 Å². The van der Waals surface area contributed by atoms with Gasteiger partial charge in [-0.1, -0.05) is 0 Å². The SMILES string of the molecule is C#CCCCCC(=O)N1CCNC(=O)CC1. The summed E-state index contributed by atoms with van der Waals surface area (Å²) >= 11 is 0. The molecular formula is C12H18N2O2. The van der Waals surface area contributed by atoms with E-state index >= 15 is 0 Å². The minimum Gasteiger partial charge on any atom is -0.354 e. The molecule has 0 aliphatic carbocycles. The van der Waals surface area contributed by atoms with Gasteiger partial charge in [0.05, 0.1) is 0 Å². The molecule has 4 nitrogen and oxygen atoms in total. The van der Waals surface area contributed by atoms with Gasteiger partial charge < -0.3 is 10.2 Å². The van der Waals surface area contributed by atoms with Crippen LogP contribution >= 0.6 is 0 Å². The van der Waals surface area contributed by atoms with Crippen LogP contribution in [-0.4, -0.2) is 36.3 Å². The van der Waals surface area contributed by atoms with Crippen molar-refractivity contribution >= 4 is 11.8 Å². The number of amides is 2. The molecule has 0 aromatic rings. The van der Waals surface area contributed by atoms with E-state index in [1.807, 2.05) is 0 Å². The number of unbranched alkanes of at least 4 members (excludes halogenated alkanes) is 2. The first kappa shape index (κ1) is 12.6. The van der Waals surface area contributed by atoms with E-state index in [1.54, 1.807) is 4.90 Å². The molecule has 0 aromatic carbocycles. The lowest BCUT2D eigenvalue weighted by atomic mass is 10.2. The van der Waals surface area contributed by atoms with Crippen molar-refractivity contribution < 1.29 is 9.59 Å². The van der Waals surface area contributed by atoms with Crippen LogP contribution in [0.15, 0.2) is 0 Å². The molecule has 0 unspecified atom stereocenters. The summed E-state index contributed by atoms with van der Waals surface area (Å²) in [6, 6.07) is 0. The Balaban J connectivity index is 2.25. The number of nitrogens with one attached hydrogen (secondary N) is 1. The van der Waals surface area contributed by atoms with Crippen molar-refractivity contribution in [2.75, 3.05) is 19.6 Å². The third-order valence-electron chi connectivity index (χ3n) is 2.63. The third-order valence-corrected chi connectivity index (χ3v) is 2.63. The van der Waals surface area contributed by atoms with Crippen molar-refractivity contribution in [1.82, 2.24) is 10.2 Å². The van der Waals surface area contributed by atoms with E-state index in [9.17, 15) is 9.59 Å². The second-order valence-electron chi connectivity index (χ2n) is 3.89. The van der Waals surface area contributed by atoms with Crippen LogP contribution in [0.3, 0.4) is 0 Å². The van der Waals surface area contributed by atoms with E-state index in [-0.39, 0.29) is 11.8 Å². The zero-order valence-electron chi connectivity index (χ0n) is 9.50. The summed E-state index contributed by atoms with van der Waals surface area (Å²) in [5.41, 5.74) is 0. The zero-order valence-corrected chi connectivity index (χ0v) is 9.50. The maximum atomic E-state index is 11.8. The number of carbonyl (C=O) groups is 2. The largest absolute Gasteiger partial charge is 0.354 e. The molecule has 1 rings (SSSR count). The van der Waals surface area contributed by atoms with Gasteiger partial charge in [0.25, 0.3) is 0 Å². The van der Waals surface area contributed by atoms with Crippen LogP contribution in [0.1, 0.15) is 32.1 Å². The van der Waals surface area contributed by atoms with Crippen LogP contribution < -0.4 is 5.32 Å². The van der Waals surface area contributed by atoms with Crippen LogP contribution in [0.4, 0.5) is 0 Å². The second-order valence-corrected chi connectivity index (χ2v) is 3.89. The van der Waals surface area contributed by atoms with Crippen LogP contribution in [0.2, 0.25) is 0 Å². The number of nitrogens with zero attached hydrogens (tertiary/aromatic N) is 1. The fourth-order valence-electron chi connectivity index (χ4n) is 1.68. The molecule has 1 N–H and O–H groups in total. The Labute approximate surface area is 96.4 Å². The fourth-order valence-corrected chi connectivity index (χ4v) is 1.68. The van der Waals surface area contributed by atoms with Crippen molar-refractivity contribution in [2.45, 2.75) is 32.1 Å². The van der Waals surface area contributed by atoms with Crippen LogP contribution in [-0.2, 0) is 9.59 Å². The number of rotatable bonds is 4. The Morgan fingerprint density at radius 2 is 2.25 bits per heavy atom. The van der Waals surface area contributed by atoms with Crippen molar-refractivity contribution in [3.63, 3.8) is 0 Å². The van der Waals surface area contributed by atoms with Gasteiger partial charge in [-0.05, 0) is 12.8 Å². The van der Waals surface area contributed by atoms with Gasteiger partial charge in [0.15, 0.2) is 0 Å². The van der Waals surface area contributed by atoms with E-state index in [1.165, 1.54) is 0 Å². The molecule has 0 saturated carbocycles. The van der Waals surface area contributed by atoms with Crippen molar-refractivity contribution in [3.8, 4) is 12.3 Å². The summed E-state index contributed by atoms with van der Waals surface area (Å²) in [4.78, 5) is 24.6. The van der Waals surface area contributed by atoms with Gasteiger partial charge in [0.1, 0.15) is 0 Å². The summed E-state index contributed by atoms with van der Waals surface area (Å²) in [7, 11) is 0. The molecule has 1 aliphatic rings. The quantitative estimate of drug-likeness (QED) is 0.557. The molecule has 0 bridgehead atoms. The zero-order chi connectivity index (χ0) is 11.8. The lowest BCUT2D eigenvalue weighted by molar-refractivity contribution is -0.131. The smallest absolute Gasteiger partial charge is 0.222 e. The Morgan fingerprint density at radius 3 is 3.00 bits per heavy atom. The highest BCUT2D eigenvalue weighted by Gasteiger charge is 2.17. The van der Waals surface area contributed by atoms with Gasteiger partial charge in [0, 0.05) is 38.9 Å². The molecular weight excluding hydrogens is 204 g/mol. The molecule has 1 aliphatic heterocycles. The Morgan fingerprint density at radius 1 is 1.44 bits per heavy atom. The van der Waals surface area contributed by atoms with E-state index in [0.29, 0.717) is 32.5 Å². The highest BCUT2D eigenvalue weighted by molar-refractivity contribution is 5.80. The average molecular weight is 222 g/mol.